The van der Waals surface area contributed by atoms with Gasteiger partial charge in [0.2, 0.25) is 5.91 Å². The molecule has 0 bridgehead atoms. The molecule has 2 amide bonds. The van der Waals surface area contributed by atoms with Gasteiger partial charge in [-0.1, -0.05) is 51.3 Å². The quantitative estimate of drug-likeness (QED) is 0.147. The van der Waals surface area contributed by atoms with Crippen molar-refractivity contribution in [2.24, 2.45) is 5.92 Å². The van der Waals surface area contributed by atoms with Crippen molar-refractivity contribution in [1.82, 2.24) is 20.2 Å². The first kappa shape index (κ1) is 33.6. The first-order valence-corrected chi connectivity index (χ1v) is 17.6. The van der Waals surface area contributed by atoms with Crippen molar-refractivity contribution < 1.29 is 18.0 Å². The number of nitrogens with one attached hydrogen (secondary N) is 3. The standard InChI is InChI=1S/C29H41N5O5S3/c1-6-7-8-10-23(35)30-16-9-17-31-27(36)24-21(5)41-28(40-18-15-19(2)3)25-26(32-29(37)34(24)25)33-42(38,39)22-13-11-20(4)12-14-22/h11-14,19H,6-10,15-18H2,1-5H3,(H,30,35)(H,31,36)(H,32,33,37). The largest absolute Gasteiger partial charge is 0.356 e. The van der Waals surface area contributed by atoms with Crippen LogP contribution in [0.3, 0.4) is 0 Å². The zero-order valence-corrected chi connectivity index (χ0v) is 27.4. The number of aromatic nitrogens is 2. The number of hydrogen-bond acceptors (Lipinski definition) is 8. The van der Waals surface area contributed by atoms with Crippen molar-refractivity contribution in [3.05, 3.63) is 50.9 Å². The second-order valence-corrected chi connectivity index (χ2v) is 14.9. The van der Waals surface area contributed by atoms with E-state index in [0.29, 0.717) is 40.9 Å². The Balaban J connectivity index is 1.85. The molecule has 0 aromatic heterocycles. The van der Waals surface area contributed by atoms with Gasteiger partial charge in [-0.15, -0.1) is 23.1 Å². The number of sulfonamides is 1. The number of amides is 2. The molecule has 3 rings (SSSR count). The van der Waals surface area contributed by atoms with E-state index < -0.39 is 21.6 Å². The summed E-state index contributed by atoms with van der Waals surface area (Å²) in [5.41, 5.74) is 0.557. The molecule has 10 nitrogen and oxygen atoms in total. The lowest BCUT2D eigenvalue weighted by atomic mass is 10.2. The van der Waals surface area contributed by atoms with E-state index in [9.17, 15) is 22.8 Å². The van der Waals surface area contributed by atoms with Crippen LogP contribution in [0.1, 0.15) is 80.2 Å². The molecule has 0 atom stereocenters. The molecule has 2 heterocycles. The number of nitrogens with zero attached hydrogens (tertiary/aromatic N) is 2. The van der Waals surface area contributed by atoms with Gasteiger partial charge in [-0.25, -0.2) is 17.8 Å². The smallest absolute Gasteiger partial charge is 0.355 e. The fourth-order valence-electron chi connectivity index (χ4n) is 4.14. The molecule has 0 aliphatic carbocycles. The summed E-state index contributed by atoms with van der Waals surface area (Å²) >= 11 is 2.84. The summed E-state index contributed by atoms with van der Waals surface area (Å²) in [5, 5.41) is 5.70. The predicted octanol–water partition coefficient (Wildman–Crippen LogP) is 5.10. The first-order chi connectivity index (χ1) is 19.9. The van der Waals surface area contributed by atoms with E-state index in [2.05, 4.69) is 41.1 Å². The molecule has 230 valence electrons. The Morgan fingerprint density at radius 2 is 1.74 bits per heavy atom. The molecular formula is C29H41N5O5S3. The topological polar surface area (TPSA) is 139 Å². The number of rotatable bonds is 16. The third kappa shape index (κ3) is 9.05. The molecule has 13 heteroatoms. The van der Waals surface area contributed by atoms with E-state index in [-0.39, 0.29) is 28.0 Å². The SMILES string of the molecule is CCCCCC(=O)NCCCNC(=O)c1c(C)sc(SCCC(C)C)c2c(NS(=O)(=O)c3ccc(C)cc3)nc(=O)n1-2. The second-order valence-electron chi connectivity index (χ2n) is 10.6. The average molecular weight is 636 g/mol. The Morgan fingerprint density at radius 3 is 2.40 bits per heavy atom. The number of fused-ring (bicyclic) bond motifs is 1. The summed E-state index contributed by atoms with van der Waals surface area (Å²) in [7, 11) is -4.04. The second kappa shape index (κ2) is 15.5. The van der Waals surface area contributed by atoms with Crippen LogP contribution in [-0.2, 0) is 14.8 Å². The number of carbonyl (C=O) groups excluding carboxylic acids is 2. The zero-order chi connectivity index (χ0) is 30.9. The van der Waals surface area contributed by atoms with Gasteiger partial charge in [-0.2, -0.15) is 4.98 Å². The molecule has 0 saturated carbocycles. The number of imidazole rings is 1. The average Bonchev–Trinajstić information content (AvgIpc) is 3.23. The molecule has 1 aromatic rings. The van der Waals surface area contributed by atoms with Crippen LogP contribution in [0.4, 0.5) is 5.82 Å². The summed E-state index contributed by atoms with van der Waals surface area (Å²) < 4.78 is 30.8. The number of hydrogen-bond donors (Lipinski definition) is 3. The van der Waals surface area contributed by atoms with E-state index >= 15 is 0 Å². The Labute approximate surface area is 256 Å². The minimum atomic E-state index is -4.04. The minimum absolute atomic E-state index is 0.00489. The fourth-order valence-corrected chi connectivity index (χ4v) is 7.95. The highest BCUT2D eigenvalue weighted by Gasteiger charge is 2.30. The van der Waals surface area contributed by atoms with Crippen molar-refractivity contribution in [2.45, 2.75) is 82.2 Å². The lowest BCUT2D eigenvalue weighted by Crippen LogP contribution is -2.33. The van der Waals surface area contributed by atoms with E-state index in [1.165, 1.54) is 39.8 Å². The third-order valence-corrected chi connectivity index (χ3v) is 10.2. The van der Waals surface area contributed by atoms with Crippen molar-refractivity contribution in [3.63, 3.8) is 0 Å². The van der Waals surface area contributed by atoms with Crippen LogP contribution in [-0.4, -0.2) is 48.6 Å². The molecule has 0 fully saturated rings. The van der Waals surface area contributed by atoms with Crippen LogP contribution in [0, 0.1) is 19.8 Å². The van der Waals surface area contributed by atoms with Gasteiger partial charge >= 0.3 is 5.69 Å². The minimum Gasteiger partial charge on any atom is -0.356 e. The number of carbonyl (C=O) groups is 2. The van der Waals surface area contributed by atoms with Crippen LogP contribution in [0.25, 0.3) is 5.69 Å². The summed E-state index contributed by atoms with van der Waals surface area (Å²) in [6.07, 6.45) is 4.85. The maximum atomic E-state index is 13.3. The van der Waals surface area contributed by atoms with Gasteiger partial charge in [-0.05, 0) is 56.9 Å². The van der Waals surface area contributed by atoms with E-state index in [0.717, 1.165) is 37.0 Å². The molecule has 0 saturated heterocycles. The lowest BCUT2D eigenvalue weighted by molar-refractivity contribution is -0.121. The van der Waals surface area contributed by atoms with Gasteiger partial charge in [0.05, 0.1) is 9.10 Å². The highest BCUT2D eigenvalue weighted by molar-refractivity contribution is 8.01. The van der Waals surface area contributed by atoms with Crippen LogP contribution >= 0.6 is 23.1 Å². The summed E-state index contributed by atoms with van der Waals surface area (Å²) in [6, 6.07) is 6.37. The van der Waals surface area contributed by atoms with Crippen LogP contribution in [0.5, 0.6) is 0 Å². The zero-order valence-electron chi connectivity index (χ0n) is 24.9. The van der Waals surface area contributed by atoms with E-state index in [4.69, 9.17) is 0 Å². The van der Waals surface area contributed by atoms with Crippen LogP contribution in [0.2, 0.25) is 0 Å². The number of benzene rings is 1. The predicted molar refractivity (Wildman–Crippen MR) is 170 cm³/mol. The molecule has 3 N–H and O–H groups in total. The van der Waals surface area contributed by atoms with Crippen molar-refractivity contribution >= 4 is 50.8 Å². The Kier molecular flexibility index (Phi) is 12.4. The van der Waals surface area contributed by atoms with Crippen molar-refractivity contribution in [3.8, 4) is 5.69 Å². The monoisotopic (exact) mass is 635 g/mol. The fraction of sp³-hybridized carbons (Fsp3) is 0.517. The maximum Gasteiger partial charge on any atom is 0.355 e. The van der Waals surface area contributed by atoms with Gasteiger partial charge in [0, 0.05) is 24.4 Å². The Hall–Kier alpha value is -2.90. The van der Waals surface area contributed by atoms with Gasteiger partial charge in [-0.3, -0.25) is 14.3 Å². The molecular weight excluding hydrogens is 595 g/mol. The summed E-state index contributed by atoms with van der Waals surface area (Å²) in [6.45, 7) is 10.7. The van der Waals surface area contributed by atoms with Crippen LogP contribution in [0.15, 0.2) is 38.2 Å². The number of aryl methyl sites for hydroxylation is 2. The number of anilines is 1. The highest BCUT2D eigenvalue weighted by Crippen LogP contribution is 2.39. The lowest BCUT2D eigenvalue weighted by Gasteiger charge is -2.18. The van der Waals surface area contributed by atoms with Crippen molar-refractivity contribution in [2.75, 3.05) is 23.6 Å². The molecule has 0 radical (unpaired) electrons. The molecule has 42 heavy (non-hydrogen) atoms. The summed E-state index contributed by atoms with van der Waals surface area (Å²) in [4.78, 5) is 43.2. The third-order valence-electron chi connectivity index (χ3n) is 6.52. The number of unbranched alkanes of at least 4 members (excludes halogenated alkanes) is 2. The summed E-state index contributed by atoms with van der Waals surface area (Å²) in [5.74, 6) is 0.635. The molecule has 0 unspecified atom stereocenters. The van der Waals surface area contributed by atoms with Gasteiger partial charge in [0.25, 0.3) is 15.9 Å². The Bertz CT molecular complexity index is 1500. The van der Waals surface area contributed by atoms with Crippen LogP contribution < -0.4 is 21.0 Å². The highest BCUT2D eigenvalue weighted by atomic mass is 32.2. The number of thioether (sulfide) groups is 1. The van der Waals surface area contributed by atoms with Gasteiger partial charge < -0.3 is 10.6 Å². The van der Waals surface area contributed by atoms with Gasteiger partial charge in [0.15, 0.2) is 5.82 Å². The molecule has 2 aliphatic rings. The Morgan fingerprint density at radius 1 is 1.05 bits per heavy atom. The van der Waals surface area contributed by atoms with Gasteiger partial charge in [0.1, 0.15) is 11.4 Å². The van der Waals surface area contributed by atoms with Crippen molar-refractivity contribution in [1.29, 1.82) is 0 Å². The van der Waals surface area contributed by atoms with E-state index in [1.807, 2.05) is 6.92 Å². The van der Waals surface area contributed by atoms with E-state index in [1.54, 1.807) is 19.1 Å². The first-order valence-electron chi connectivity index (χ1n) is 14.3. The molecule has 0 spiro atoms. The normalized spacial score (nSPS) is 11.7. The molecule has 2 aliphatic heterocycles. The maximum absolute atomic E-state index is 13.3. The molecule has 1 aromatic carbocycles.